The molecule has 2 fully saturated rings. The van der Waals surface area contributed by atoms with E-state index in [1.807, 2.05) is 0 Å². The van der Waals surface area contributed by atoms with Gasteiger partial charge in [-0.1, -0.05) is 19.1 Å². The van der Waals surface area contributed by atoms with Crippen LogP contribution in [0.25, 0.3) is 0 Å². The van der Waals surface area contributed by atoms with Gasteiger partial charge in [0.2, 0.25) is 5.91 Å². The van der Waals surface area contributed by atoms with E-state index in [-0.39, 0.29) is 28.5 Å². The average molecular weight is 308 g/mol. The van der Waals surface area contributed by atoms with Crippen molar-refractivity contribution in [1.82, 2.24) is 5.32 Å². The normalized spacial score (nSPS) is 27.8. The molecule has 1 aromatic rings. The van der Waals surface area contributed by atoms with Crippen LogP contribution in [0.5, 0.6) is 0 Å². The van der Waals surface area contributed by atoms with Crippen LogP contribution in [-0.4, -0.2) is 32.2 Å². The molecule has 3 unspecified atom stereocenters. The van der Waals surface area contributed by atoms with Crippen LogP contribution in [-0.2, 0) is 14.6 Å². The van der Waals surface area contributed by atoms with Crippen LogP contribution in [0.3, 0.4) is 0 Å². The third-order valence-electron chi connectivity index (χ3n) is 4.50. The molecule has 6 heteroatoms. The van der Waals surface area contributed by atoms with Crippen LogP contribution < -0.4 is 10.6 Å². The van der Waals surface area contributed by atoms with E-state index in [1.165, 1.54) is 0 Å². The first-order chi connectivity index (χ1) is 10.0. The Morgan fingerprint density at radius 3 is 2.71 bits per heavy atom. The van der Waals surface area contributed by atoms with E-state index < -0.39 is 9.84 Å². The molecule has 5 nitrogen and oxygen atoms in total. The smallest absolute Gasteiger partial charge is 0.229 e. The third-order valence-corrected chi connectivity index (χ3v) is 6.28. The molecule has 0 aliphatic carbocycles. The van der Waals surface area contributed by atoms with Crippen LogP contribution in [0.2, 0.25) is 0 Å². The first kappa shape index (κ1) is 14.5. The highest BCUT2D eigenvalue weighted by molar-refractivity contribution is 7.91. The van der Waals surface area contributed by atoms with Gasteiger partial charge in [-0.3, -0.25) is 4.79 Å². The Labute approximate surface area is 125 Å². The highest BCUT2D eigenvalue weighted by atomic mass is 32.2. The summed E-state index contributed by atoms with van der Waals surface area (Å²) in [5.74, 6) is -0.107. The van der Waals surface area contributed by atoms with Crippen molar-refractivity contribution >= 4 is 21.4 Å². The molecule has 0 saturated carbocycles. The molecule has 2 aliphatic rings. The number of nitrogens with one attached hydrogen (secondary N) is 2. The standard InChI is InChI=1S/C15H20N2O3S/c1-2-21(19,20)14-6-4-3-5-13(14)17-15(18)11-9-10-7-8-12(11)16-10/h3-6,10-12,16H,2,7-9H2,1H3,(H,17,18). The molecule has 1 aromatic carbocycles. The molecule has 1 amide bonds. The quantitative estimate of drug-likeness (QED) is 0.885. The third kappa shape index (κ3) is 2.70. The lowest BCUT2D eigenvalue weighted by atomic mass is 9.88. The van der Waals surface area contributed by atoms with E-state index in [9.17, 15) is 13.2 Å². The van der Waals surface area contributed by atoms with Gasteiger partial charge in [-0.25, -0.2) is 8.42 Å². The van der Waals surface area contributed by atoms with Crippen molar-refractivity contribution in [2.24, 2.45) is 5.92 Å². The number of sulfone groups is 1. The van der Waals surface area contributed by atoms with Gasteiger partial charge in [0.25, 0.3) is 0 Å². The highest BCUT2D eigenvalue weighted by Gasteiger charge is 2.42. The zero-order valence-corrected chi connectivity index (χ0v) is 12.8. The number of carbonyl (C=O) groups is 1. The Bertz CT molecular complexity index is 657. The molecule has 0 radical (unpaired) electrons. The van der Waals surface area contributed by atoms with Gasteiger partial charge in [-0.2, -0.15) is 0 Å². The predicted molar refractivity (Wildman–Crippen MR) is 80.9 cm³/mol. The molecule has 2 bridgehead atoms. The summed E-state index contributed by atoms with van der Waals surface area (Å²) in [5.41, 5.74) is 0.395. The van der Waals surface area contributed by atoms with E-state index in [0.717, 1.165) is 19.3 Å². The SMILES string of the molecule is CCS(=O)(=O)c1ccccc1NC(=O)C1CC2CCC1N2. The zero-order valence-electron chi connectivity index (χ0n) is 12.0. The molecule has 21 heavy (non-hydrogen) atoms. The minimum Gasteiger partial charge on any atom is -0.325 e. The van der Waals surface area contributed by atoms with E-state index in [4.69, 9.17) is 0 Å². The van der Waals surface area contributed by atoms with Crippen LogP contribution in [0.15, 0.2) is 29.2 Å². The van der Waals surface area contributed by atoms with Crippen molar-refractivity contribution in [2.75, 3.05) is 11.1 Å². The van der Waals surface area contributed by atoms with Gasteiger partial charge in [0.15, 0.2) is 9.84 Å². The summed E-state index contributed by atoms with van der Waals surface area (Å²) < 4.78 is 24.2. The number of benzene rings is 1. The van der Waals surface area contributed by atoms with Gasteiger partial charge in [-0.15, -0.1) is 0 Å². The number of fused-ring (bicyclic) bond motifs is 2. The summed E-state index contributed by atoms with van der Waals surface area (Å²) in [6, 6.07) is 7.31. The van der Waals surface area contributed by atoms with Gasteiger partial charge in [0.05, 0.1) is 22.3 Å². The molecule has 0 spiro atoms. The molecule has 3 atom stereocenters. The number of para-hydroxylation sites is 1. The fourth-order valence-electron chi connectivity index (χ4n) is 3.34. The number of rotatable bonds is 4. The lowest BCUT2D eigenvalue weighted by molar-refractivity contribution is -0.120. The van der Waals surface area contributed by atoms with Gasteiger partial charge < -0.3 is 10.6 Å². The Kier molecular flexibility index (Phi) is 3.75. The van der Waals surface area contributed by atoms with Crippen molar-refractivity contribution in [3.8, 4) is 0 Å². The molecular weight excluding hydrogens is 288 g/mol. The molecule has 2 saturated heterocycles. The minimum atomic E-state index is -3.34. The van der Waals surface area contributed by atoms with Gasteiger partial charge in [0.1, 0.15) is 0 Å². The summed E-state index contributed by atoms with van der Waals surface area (Å²) in [5, 5.41) is 6.24. The van der Waals surface area contributed by atoms with Crippen LogP contribution >= 0.6 is 0 Å². The molecule has 3 rings (SSSR count). The molecular formula is C15H20N2O3S. The number of anilines is 1. The first-order valence-corrected chi connectivity index (χ1v) is 9.05. The van der Waals surface area contributed by atoms with Crippen molar-refractivity contribution in [3.63, 3.8) is 0 Å². The Morgan fingerprint density at radius 2 is 2.10 bits per heavy atom. The largest absolute Gasteiger partial charge is 0.325 e. The van der Waals surface area contributed by atoms with Crippen molar-refractivity contribution in [1.29, 1.82) is 0 Å². The van der Waals surface area contributed by atoms with Crippen molar-refractivity contribution in [2.45, 2.75) is 43.2 Å². The second-order valence-corrected chi connectivity index (χ2v) is 8.03. The maximum absolute atomic E-state index is 12.4. The topological polar surface area (TPSA) is 75.3 Å². The second kappa shape index (κ2) is 5.42. The summed E-state index contributed by atoms with van der Waals surface area (Å²) in [7, 11) is -3.34. The molecule has 114 valence electrons. The summed E-state index contributed by atoms with van der Waals surface area (Å²) >= 11 is 0. The fourth-order valence-corrected chi connectivity index (χ4v) is 4.39. The lowest BCUT2D eigenvalue weighted by Gasteiger charge is -2.20. The molecule has 0 aromatic heterocycles. The summed E-state index contributed by atoms with van der Waals surface area (Å²) in [6.07, 6.45) is 3.01. The molecule has 2 aliphatic heterocycles. The van der Waals surface area contributed by atoms with E-state index in [2.05, 4.69) is 10.6 Å². The average Bonchev–Trinajstić information content (AvgIpc) is 3.10. The number of amides is 1. The van der Waals surface area contributed by atoms with Crippen LogP contribution in [0.4, 0.5) is 5.69 Å². The molecule has 2 N–H and O–H groups in total. The van der Waals surface area contributed by atoms with Crippen LogP contribution in [0, 0.1) is 5.92 Å². The number of carbonyl (C=O) groups excluding carboxylic acids is 1. The zero-order chi connectivity index (χ0) is 15.0. The Hall–Kier alpha value is -1.40. The first-order valence-electron chi connectivity index (χ1n) is 7.40. The van der Waals surface area contributed by atoms with E-state index in [0.29, 0.717) is 11.7 Å². The number of hydrogen-bond acceptors (Lipinski definition) is 4. The Balaban J connectivity index is 1.81. The molecule has 2 heterocycles. The van der Waals surface area contributed by atoms with E-state index in [1.54, 1.807) is 31.2 Å². The predicted octanol–water partition coefficient (Wildman–Crippen LogP) is 1.56. The lowest BCUT2D eigenvalue weighted by Crippen LogP contribution is -2.33. The van der Waals surface area contributed by atoms with E-state index >= 15 is 0 Å². The highest BCUT2D eigenvalue weighted by Crippen LogP contribution is 2.34. The second-order valence-electron chi connectivity index (χ2n) is 5.78. The maximum atomic E-state index is 12.4. The Morgan fingerprint density at radius 1 is 1.33 bits per heavy atom. The monoisotopic (exact) mass is 308 g/mol. The van der Waals surface area contributed by atoms with Crippen LogP contribution in [0.1, 0.15) is 26.2 Å². The minimum absolute atomic E-state index is 0.0234. The van der Waals surface area contributed by atoms with Gasteiger partial charge in [0, 0.05) is 12.1 Å². The summed E-state index contributed by atoms with van der Waals surface area (Å²) in [6.45, 7) is 1.60. The number of hydrogen-bond donors (Lipinski definition) is 2. The fraction of sp³-hybridized carbons (Fsp3) is 0.533. The summed E-state index contributed by atoms with van der Waals surface area (Å²) in [4.78, 5) is 12.6. The van der Waals surface area contributed by atoms with Crippen molar-refractivity contribution < 1.29 is 13.2 Å². The van der Waals surface area contributed by atoms with Crippen molar-refractivity contribution in [3.05, 3.63) is 24.3 Å². The van der Waals surface area contributed by atoms with Gasteiger partial charge in [-0.05, 0) is 31.4 Å². The maximum Gasteiger partial charge on any atom is 0.229 e. The van der Waals surface area contributed by atoms with Gasteiger partial charge >= 0.3 is 0 Å².